The van der Waals surface area contributed by atoms with Crippen LogP contribution in [-0.4, -0.2) is 35.6 Å². The lowest BCUT2D eigenvalue weighted by molar-refractivity contribution is -0.127. The molecule has 1 fully saturated rings. The van der Waals surface area contributed by atoms with Crippen molar-refractivity contribution >= 4 is 56.5 Å². The molecule has 7 nitrogen and oxygen atoms in total. The number of anilines is 1. The molecule has 1 heterocycles. The Morgan fingerprint density at radius 2 is 1.74 bits per heavy atom. The fraction of sp³-hybridized carbons (Fsp3) is 0.115. The van der Waals surface area contributed by atoms with Gasteiger partial charge < -0.3 is 14.8 Å². The van der Waals surface area contributed by atoms with Crippen molar-refractivity contribution in [1.82, 2.24) is 4.90 Å². The van der Waals surface area contributed by atoms with Crippen molar-refractivity contribution in [3.8, 4) is 11.5 Å². The zero-order valence-corrected chi connectivity index (χ0v) is 21.1. The highest BCUT2D eigenvalue weighted by Gasteiger charge is 2.36. The van der Waals surface area contributed by atoms with E-state index in [1.165, 1.54) is 0 Å². The zero-order valence-electron chi connectivity index (χ0n) is 18.7. The molecule has 3 aromatic rings. The van der Waals surface area contributed by atoms with Gasteiger partial charge >= 0.3 is 0 Å². The molecule has 4 rings (SSSR count). The highest BCUT2D eigenvalue weighted by molar-refractivity contribution is 9.10. The number of para-hydroxylation sites is 1. The minimum absolute atomic E-state index is 0.229. The molecule has 3 aromatic carbocycles. The highest BCUT2D eigenvalue weighted by atomic mass is 79.9. The predicted octanol–water partition coefficient (Wildman–Crippen LogP) is 5.71. The van der Waals surface area contributed by atoms with E-state index in [4.69, 9.17) is 9.47 Å². The predicted molar refractivity (Wildman–Crippen MR) is 139 cm³/mol. The Bertz CT molecular complexity index is 1280. The van der Waals surface area contributed by atoms with Crippen LogP contribution < -0.4 is 14.8 Å². The van der Waals surface area contributed by atoms with Crippen molar-refractivity contribution in [3.05, 3.63) is 93.3 Å². The maximum atomic E-state index is 12.9. The van der Waals surface area contributed by atoms with Crippen molar-refractivity contribution < 1.29 is 23.9 Å². The summed E-state index contributed by atoms with van der Waals surface area (Å²) in [5, 5.41) is 2.18. The van der Waals surface area contributed by atoms with Crippen LogP contribution in [0.1, 0.15) is 11.1 Å². The number of imide groups is 1. The van der Waals surface area contributed by atoms with Crippen LogP contribution >= 0.6 is 27.7 Å². The van der Waals surface area contributed by atoms with Gasteiger partial charge in [0.1, 0.15) is 24.7 Å². The average molecular weight is 553 g/mol. The molecule has 35 heavy (non-hydrogen) atoms. The number of ether oxygens (including phenoxy) is 2. The molecule has 3 amide bonds. The molecule has 0 unspecified atom stereocenters. The summed E-state index contributed by atoms with van der Waals surface area (Å²) in [6.45, 7) is -0.0269. The Labute approximate surface area is 215 Å². The van der Waals surface area contributed by atoms with Crippen molar-refractivity contribution in [2.45, 2.75) is 6.61 Å². The largest absolute Gasteiger partial charge is 0.497 e. The van der Waals surface area contributed by atoms with Crippen molar-refractivity contribution in [3.63, 3.8) is 0 Å². The van der Waals surface area contributed by atoms with Gasteiger partial charge in [0, 0.05) is 15.7 Å². The number of methoxy groups -OCH3 is 1. The summed E-state index contributed by atoms with van der Waals surface area (Å²) in [6, 6.07) is 21.8. The summed E-state index contributed by atoms with van der Waals surface area (Å²) in [5.41, 5.74) is 2.19. The number of halogens is 1. The summed E-state index contributed by atoms with van der Waals surface area (Å²) in [5.74, 6) is 0.240. The van der Waals surface area contributed by atoms with Gasteiger partial charge in [-0.25, -0.2) is 0 Å². The number of carbonyl (C=O) groups excluding carboxylic acids is 3. The molecule has 0 bridgehead atoms. The normalized spacial score (nSPS) is 14.3. The lowest BCUT2D eigenvalue weighted by Crippen LogP contribution is -2.36. The van der Waals surface area contributed by atoms with Gasteiger partial charge in [0.05, 0.1) is 12.0 Å². The van der Waals surface area contributed by atoms with Gasteiger partial charge in [-0.05, 0) is 65.9 Å². The van der Waals surface area contributed by atoms with Crippen LogP contribution in [0, 0.1) is 0 Å². The number of carbonyl (C=O) groups is 3. The minimum atomic E-state index is -0.521. The molecule has 0 spiro atoms. The van der Waals surface area contributed by atoms with Gasteiger partial charge in [0.15, 0.2) is 0 Å². The number of hydrogen-bond acceptors (Lipinski definition) is 6. The Morgan fingerprint density at radius 1 is 1.03 bits per heavy atom. The number of amides is 3. The van der Waals surface area contributed by atoms with Crippen LogP contribution in [-0.2, 0) is 16.2 Å². The van der Waals surface area contributed by atoms with Crippen LogP contribution in [0.2, 0.25) is 0 Å². The van der Waals surface area contributed by atoms with E-state index in [0.29, 0.717) is 29.4 Å². The third-order valence-electron chi connectivity index (χ3n) is 5.06. The van der Waals surface area contributed by atoms with Gasteiger partial charge in [-0.1, -0.05) is 46.3 Å². The molecule has 1 aliphatic rings. The third-order valence-corrected chi connectivity index (χ3v) is 6.50. The van der Waals surface area contributed by atoms with Gasteiger partial charge in [-0.2, -0.15) is 0 Å². The SMILES string of the molecule is COc1ccc(NC(=O)CN2C(=O)S/C(=C/c3ccccc3OCc3ccc(Br)cc3)C2=O)cc1. The second-order valence-corrected chi connectivity index (χ2v) is 9.41. The van der Waals surface area contributed by atoms with Gasteiger partial charge in [-0.3, -0.25) is 19.3 Å². The lowest BCUT2D eigenvalue weighted by atomic mass is 10.1. The minimum Gasteiger partial charge on any atom is -0.497 e. The molecule has 9 heteroatoms. The number of rotatable bonds is 8. The Kier molecular flexibility index (Phi) is 7.89. The summed E-state index contributed by atoms with van der Waals surface area (Å²) in [6.07, 6.45) is 1.61. The highest BCUT2D eigenvalue weighted by Crippen LogP contribution is 2.34. The molecule has 1 N–H and O–H groups in total. The first-order chi connectivity index (χ1) is 16.9. The van der Waals surface area contributed by atoms with Crippen molar-refractivity contribution in [1.29, 1.82) is 0 Å². The molecular weight excluding hydrogens is 532 g/mol. The number of benzene rings is 3. The van der Waals surface area contributed by atoms with Gasteiger partial charge in [-0.15, -0.1) is 0 Å². The van der Waals surface area contributed by atoms with Crippen LogP contribution in [0.3, 0.4) is 0 Å². The van der Waals surface area contributed by atoms with Crippen LogP contribution in [0.4, 0.5) is 10.5 Å². The Hall–Kier alpha value is -3.56. The summed E-state index contributed by atoms with van der Waals surface area (Å²) in [4.78, 5) is 39.0. The van der Waals surface area contributed by atoms with Crippen LogP contribution in [0.15, 0.2) is 82.2 Å². The van der Waals surface area contributed by atoms with E-state index >= 15 is 0 Å². The monoisotopic (exact) mass is 552 g/mol. The summed E-state index contributed by atoms with van der Waals surface area (Å²) >= 11 is 4.21. The maximum Gasteiger partial charge on any atom is 0.294 e. The quantitative estimate of drug-likeness (QED) is 0.360. The van der Waals surface area contributed by atoms with Gasteiger partial charge in [0.2, 0.25) is 5.91 Å². The topological polar surface area (TPSA) is 84.9 Å². The second kappa shape index (κ2) is 11.2. The van der Waals surface area contributed by atoms with Crippen LogP contribution in [0.25, 0.3) is 6.08 Å². The fourth-order valence-corrected chi connectivity index (χ4v) is 4.36. The number of thioether (sulfide) groups is 1. The van der Waals surface area contributed by atoms with E-state index in [2.05, 4.69) is 21.2 Å². The molecule has 0 aliphatic carbocycles. The number of nitrogens with one attached hydrogen (secondary N) is 1. The smallest absolute Gasteiger partial charge is 0.294 e. The molecule has 0 atom stereocenters. The first-order valence-electron chi connectivity index (χ1n) is 10.6. The van der Waals surface area contributed by atoms with Crippen LogP contribution in [0.5, 0.6) is 11.5 Å². The van der Waals surface area contributed by atoms with E-state index in [9.17, 15) is 14.4 Å². The van der Waals surface area contributed by atoms with Crippen molar-refractivity contribution in [2.75, 3.05) is 19.0 Å². The Morgan fingerprint density at radius 3 is 2.46 bits per heavy atom. The van der Waals surface area contributed by atoms with Gasteiger partial charge in [0.25, 0.3) is 11.1 Å². The molecule has 1 saturated heterocycles. The van der Waals surface area contributed by atoms with Crippen molar-refractivity contribution in [2.24, 2.45) is 0 Å². The molecular formula is C26H21BrN2O5S. The van der Waals surface area contributed by atoms with E-state index in [1.54, 1.807) is 49.6 Å². The van der Waals surface area contributed by atoms with E-state index < -0.39 is 17.1 Å². The van der Waals surface area contributed by atoms with E-state index in [-0.39, 0.29) is 11.4 Å². The fourth-order valence-electron chi connectivity index (χ4n) is 3.27. The zero-order chi connectivity index (χ0) is 24.8. The number of hydrogen-bond donors (Lipinski definition) is 1. The molecule has 0 radical (unpaired) electrons. The van der Waals surface area contributed by atoms with E-state index in [1.807, 2.05) is 36.4 Å². The van der Waals surface area contributed by atoms with E-state index in [0.717, 1.165) is 26.7 Å². The number of nitrogens with zero attached hydrogens (tertiary/aromatic N) is 1. The Balaban J connectivity index is 1.42. The second-order valence-electron chi connectivity index (χ2n) is 7.50. The summed E-state index contributed by atoms with van der Waals surface area (Å²) in [7, 11) is 1.55. The third kappa shape index (κ3) is 6.32. The molecule has 0 aromatic heterocycles. The standard InChI is InChI=1S/C26H21BrN2O5S/c1-33-21-12-10-20(11-13-21)28-24(30)15-29-25(31)23(35-26(29)32)14-18-4-2-3-5-22(18)34-16-17-6-8-19(27)9-7-17/h2-14H,15-16H2,1H3,(H,28,30)/b23-14+. The summed E-state index contributed by atoms with van der Waals surface area (Å²) < 4.78 is 12.0. The lowest BCUT2D eigenvalue weighted by Gasteiger charge is -2.13. The average Bonchev–Trinajstić information content (AvgIpc) is 3.12. The first-order valence-corrected chi connectivity index (χ1v) is 12.2. The first kappa shape index (κ1) is 24.6. The molecule has 1 aliphatic heterocycles. The molecule has 0 saturated carbocycles. The maximum absolute atomic E-state index is 12.9. The molecule has 178 valence electrons.